The van der Waals surface area contributed by atoms with Gasteiger partial charge < -0.3 is 14.6 Å². The lowest BCUT2D eigenvalue weighted by Gasteiger charge is -2.22. The molecule has 0 saturated heterocycles. The van der Waals surface area contributed by atoms with E-state index in [9.17, 15) is 18.7 Å². The first-order valence-corrected chi connectivity index (χ1v) is 15.3. The Morgan fingerprint density at radius 2 is 1.60 bits per heavy atom. The van der Waals surface area contributed by atoms with Crippen molar-refractivity contribution >= 4 is 27.2 Å². The van der Waals surface area contributed by atoms with Crippen LogP contribution in [0.5, 0.6) is 17.4 Å². The minimum atomic E-state index is -0.729. The third-order valence-electron chi connectivity index (χ3n) is 7.36. The molecule has 1 saturated carbocycles. The molecule has 226 valence electrons. The number of thiophene rings is 1. The van der Waals surface area contributed by atoms with Gasteiger partial charge in [0.05, 0.1) is 23.8 Å². The van der Waals surface area contributed by atoms with Gasteiger partial charge in [0.15, 0.2) is 5.78 Å². The minimum absolute atomic E-state index is 0.0194. The molecule has 2 aromatic carbocycles. The van der Waals surface area contributed by atoms with Crippen molar-refractivity contribution in [2.75, 3.05) is 13.7 Å². The average Bonchev–Trinajstić information content (AvgIpc) is 3.36. The molecule has 2 aromatic heterocycles. The van der Waals surface area contributed by atoms with Crippen LogP contribution in [0.4, 0.5) is 8.78 Å². The van der Waals surface area contributed by atoms with E-state index in [1.54, 1.807) is 13.3 Å². The largest absolute Gasteiger partial charge is 0.506 e. The lowest BCUT2D eigenvalue weighted by molar-refractivity contribution is 0.101. The average molecular weight is 598 g/mol. The highest BCUT2D eigenvalue weighted by molar-refractivity contribution is 7.21. The Bertz CT molecular complexity index is 1470. The Kier molecular flexibility index (Phi) is 12.3. The first kappa shape index (κ1) is 33.0. The highest BCUT2D eigenvalue weighted by atomic mass is 32.1. The number of hydrogen-bond acceptors (Lipinski definition) is 6. The van der Waals surface area contributed by atoms with Crippen molar-refractivity contribution in [1.29, 1.82) is 0 Å². The summed E-state index contributed by atoms with van der Waals surface area (Å²) in [6.07, 6.45) is 8.61. The molecule has 42 heavy (non-hydrogen) atoms. The van der Waals surface area contributed by atoms with E-state index in [1.807, 2.05) is 25.1 Å². The van der Waals surface area contributed by atoms with Gasteiger partial charge in [0.2, 0.25) is 5.88 Å². The zero-order valence-corrected chi connectivity index (χ0v) is 26.1. The number of ether oxygens (including phenoxy) is 2. The van der Waals surface area contributed by atoms with E-state index in [-0.39, 0.29) is 15.0 Å². The third-order valence-corrected chi connectivity index (χ3v) is 8.65. The van der Waals surface area contributed by atoms with Gasteiger partial charge in [-0.05, 0) is 72.2 Å². The molecule has 0 bridgehead atoms. The van der Waals surface area contributed by atoms with Crippen LogP contribution in [0, 0.1) is 23.5 Å². The van der Waals surface area contributed by atoms with Gasteiger partial charge in [0.25, 0.3) is 0 Å². The number of halogens is 2. The van der Waals surface area contributed by atoms with Gasteiger partial charge in [-0.15, -0.1) is 11.3 Å². The number of nitrogens with zero attached hydrogens (tertiary/aromatic N) is 1. The number of carbonyl (C=O) groups excluding carboxylic acids is 1. The number of hydrogen-bond donors (Lipinski definition) is 1. The summed E-state index contributed by atoms with van der Waals surface area (Å²) in [5.74, 6) is 1.38. The Morgan fingerprint density at radius 1 is 0.976 bits per heavy atom. The first-order chi connectivity index (χ1) is 20.1. The molecule has 2 heterocycles. The highest BCUT2D eigenvalue weighted by Gasteiger charge is 2.20. The zero-order valence-electron chi connectivity index (χ0n) is 25.3. The lowest BCUT2D eigenvalue weighted by atomic mass is 9.84. The predicted octanol–water partition coefficient (Wildman–Crippen LogP) is 9.64. The fourth-order valence-electron chi connectivity index (χ4n) is 4.83. The molecule has 4 aromatic rings. The summed E-state index contributed by atoms with van der Waals surface area (Å²) in [4.78, 5) is 15.2. The number of pyridine rings is 1. The molecule has 0 spiro atoms. The van der Waals surface area contributed by atoms with Crippen LogP contribution in [0.2, 0.25) is 0 Å². The summed E-state index contributed by atoms with van der Waals surface area (Å²) < 4.78 is 37.3. The summed E-state index contributed by atoms with van der Waals surface area (Å²) in [5, 5.41) is 9.33. The predicted molar refractivity (Wildman–Crippen MR) is 167 cm³/mol. The second-order valence-electron chi connectivity index (χ2n) is 10.6. The van der Waals surface area contributed by atoms with Crippen LogP contribution >= 0.6 is 11.3 Å². The summed E-state index contributed by atoms with van der Waals surface area (Å²) >= 11 is 0.758. The minimum Gasteiger partial charge on any atom is -0.506 e. The SMILES string of the molecule is CC(=O)c1sc2c(F)ccc(F)c2c1O.CC1CCC(C)CC1.CCOc1cc(-c2ccc(OC)c(CC)c2)ccn1. The van der Waals surface area contributed by atoms with Crippen LogP contribution in [-0.2, 0) is 6.42 Å². The van der Waals surface area contributed by atoms with Crippen LogP contribution in [0.25, 0.3) is 21.2 Å². The second-order valence-corrected chi connectivity index (χ2v) is 11.7. The molecule has 5 nitrogen and oxygen atoms in total. The molecule has 5 rings (SSSR count). The number of methoxy groups -OCH3 is 1. The van der Waals surface area contributed by atoms with E-state index in [4.69, 9.17) is 9.47 Å². The van der Waals surface area contributed by atoms with Crippen molar-refractivity contribution in [3.63, 3.8) is 0 Å². The molecule has 0 unspecified atom stereocenters. The normalized spacial score (nSPS) is 16.1. The Hall–Kier alpha value is -3.52. The topological polar surface area (TPSA) is 68.7 Å². The molecule has 1 aliphatic carbocycles. The van der Waals surface area contributed by atoms with Crippen molar-refractivity contribution in [2.45, 2.75) is 66.7 Å². The molecular weight excluding hydrogens is 556 g/mol. The molecule has 1 fully saturated rings. The smallest absolute Gasteiger partial charge is 0.213 e. The molecule has 1 N–H and O–H groups in total. The number of aromatic hydroxyl groups is 1. The van der Waals surface area contributed by atoms with E-state index in [1.165, 1.54) is 38.2 Å². The van der Waals surface area contributed by atoms with Gasteiger partial charge in [-0.25, -0.2) is 13.8 Å². The number of fused-ring (bicyclic) bond motifs is 1. The van der Waals surface area contributed by atoms with Gasteiger partial charge in [-0.1, -0.05) is 52.5 Å². The molecule has 1 aliphatic rings. The number of aryl methyl sites for hydroxylation is 1. The van der Waals surface area contributed by atoms with Crippen LogP contribution < -0.4 is 9.47 Å². The van der Waals surface area contributed by atoms with E-state index in [0.29, 0.717) is 12.5 Å². The van der Waals surface area contributed by atoms with Crippen molar-refractivity contribution in [3.05, 3.63) is 70.7 Å². The van der Waals surface area contributed by atoms with E-state index in [0.717, 1.165) is 58.6 Å². The maximum atomic E-state index is 13.3. The summed E-state index contributed by atoms with van der Waals surface area (Å²) in [5.41, 5.74) is 3.46. The molecular formula is C34H41F2NO4S. The Balaban J connectivity index is 0.000000187. The number of aromatic nitrogens is 1. The number of ketones is 1. The first-order valence-electron chi connectivity index (χ1n) is 14.5. The van der Waals surface area contributed by atoms with E-state index >= 15 is 0 Å². The fraction of sp³-hybridized carbons (Fsp3) is 0.412. The quantitative estimate of drug-likeness (QED) is 0.224. The molecule has 0 radical (unpaired) electrons. The fourth-order valence-corrected chi connectivity index (χ4v) is 5.84. The number of rotatable bonds is 6. The molecule has 8 heteroatoms. The second kappa shape index (κ2) is 15.6. The van der Waals surface area contributed by atoms with Gasteiger partial charge in [-0.2, -0.15) is 0 Å². The van der Waals surface area contributed by atoms with E-state index < -0.39 is 23.2 Å². The zero-order chi connectivity index (χ0) is 30.8. The van der Waals surface area contributed by atoms with Crippen molar-refractivity contribution in [3.8, 4) is 28.5 Å². The van der Waals surface area contributed by atoms with Crippen LogP contribution in [0.3, 0.4) is 0 Å². The monoisotopic (exact) mass is 597 g/mol. The molecule has 0 atom stereocenters. The maximum Gasteiger partial charge on any atom is 0.213 e. The van der Waals surface area contributed by atoms with Crippen LogP contribution in [-0.4, -0.2) is 29.6 Å². The number of carbonyl (C=O) groups is 1. The third kappa shape index (κ3) is 8.51. The van der Waals surface area contributed by atoms with Gasteiger partial charge in [0, 0.05) is 19.2 Å². The maximum absolute atomic E-state index is 13.3. The van der Waals surface area contributed by atoms with Gasteiger partial charge in [0.1, 0.15) is 28.0 Å². The summed E-state index contributed by atoms with van der Waals surface area (Å²) in [6.45, 7) is 10.7. The standard InChI is InChI=1S/C16H19NO2.C10H6F2O2S.C8H16/c1-4-12-10-13(6-7-15(12)18-3)14-8-9-17-16(11-14)19-5-2;1-4(13)9-8(14)7-5(11)2-3-6(12)10(7)15-9;1-7-3-5-8(2)6-4-7/h6-11H,4-5H2,1-3H3;2-3,14H,1H3;7-8H,3-6H2,1-2H3. The van der Waals surface area contributed by atoms with Crippen molar-refractivity contribution in [2.24, 2.45) is 11.8 Å². The lowest BCUT2D eigenvalue weighted by Crippen LogP contribution is -2.08. The number of benzene rings is 2. The van der Waals surface area contributed by atoms with Crippen LogP contribution in [0.1, 0.15) is 75.5 Å². The Labute approximate surface area is 251 Å². The Morgan fingerprint density at radius 3 is 2.14 bits per heavy atom. The highest BCUT2D eigenvalue weighted by Crippen LogP contribution is 2.40. The van der Waals surface area contributed by atoms with Crippen molar-refractivity contribution < 1.29 is 28.2 Å². The number of Topliss-reactive ketones (excluding diaryl/α,β-unsaturated/α-hetero) is 1. The molecule has 0 amide bonds. The van der Waals surface area contributed by atoms with Gasteiger partial charge >= 0.3 is 0 Å². The summed E-state index contributed by atoms with van der Waals surface area (Å²) in [6, 6.07) is 12.1. The van der Waals surface area contributed by atoms with Gasteiger partial charge in [-0.3, -0.25) is 4.79 Å². The summed E-state index contributed by atoms with van der Waals surface area (Å²) in [7, 11) is 1.70. The van der Waals surface area contributed by atoms with Crippen molar-refractivity contribution in [1.82, 2.24) is 4.98 Å². The molecule has 0 aliphatic heterocycles. The van der Waals surface area contributed by atoms with E-state index in [2.05, 4.69) is 37.9 Å². The van der Waals surface area contributed by atoms with Crippen LogP contribution in [0.15, 0.2) is 48.7 Å².